The van der Waals surface area contributed by atoms with Gasteiger partial charge in [0, 0.05) is 43.2 Å². The first kappa shape index (κ1) is 23.5. The van der Waals surface area contributed by atoms with Crippen molar-refractivity contribution in [1.82, 2.24) is 24.7 Å². The molecule has 0 radical (unpaired) electrons. The largest absolute Gasteiger partial charge is 0.322 e. The zero-order valence-electron chi connectivity index (χ0n) is 20.4. The Morgan fingerprint density at radius 3 is 2.65 bits per heavy atom. The van der Waals surface area contributed by atoms with Gasteiger partial charge in [0.25, 0.3) is 5.91 Å². The second kappa shape index (κ2) is 9.55. The highest BCUT2D eigenvalue weighted by molar-refractivity contribution is 6.05. The number of imide groups is 1. The predicted molar refractivity (Wildman–Crippen MR) is 133 cm³/mol. The summed E-state index contributed by atoms with van der Waals surface area (Å²) in [5, 5.41) is 2.31. The van der Waals surface area contributed by atoms with Crippen molar-refractivity contribution in [3.63, 3.8) is 0 Å². The normalized spacial score (nSPS) is 20.8. The Morgan fingerprint density at radius 1 is 1.05 bits per heavy atom. The molecule has 1 unspecified atom stereocenters. The van der Waals surface area contributed by atoms with Gasteiger partial charge in [-0.3, -0.25) is 24.6 Å². The van der Waals surface area contributed by atoms with Gasteiger partial charge in [-0.2, -0.15) is 0 Å². The molecule has 0 spiro atoms. The van der Waals surface area contributed by atoms with E-state index in [-0.39, 0.29) is 36.5 Å². The molecule has 3 amide bonds. The molecule has 2 aromatic carbocycles. The minimum Gasteiger partial charge on any atom is -0.322 e. The zero-order valence-corrected chi connectivity index (χ0v) is 20.4. The molecular weight excluding hydrogens is 473 g/mol. The Balaban J connectivity index is 1.11. The molecule has 1 atom stereocenters. The van der Waals surface area contributed by atoms with E-state index in [0.717, 1.165) is 43.7 Å². The number of hydrogen-bond acceptors (Lipinski definition) is 5. The van der Waals surface area contributed by atoms with Crippen LogP contribution in [0.1, 0.15) is 58.6 Å². The number of amides is 3. The molecule has 0 aliphatic carbocycles. The second-order valence-corrected chi connectivity index (χ2v) is 10.1. The topological polar surface area (TPSA) is 87.5 Å². The fourth-order valence-corrected chi connectivity index (χ4v) is 5.81. The minimum absolute atomic E-state index is 0.0820. The molecule has 37 heavy (non-hydrogen) atoms. The van der Waals surface area contributed by atoms with E-state index in [9.17, 15) is 14.4 Å². The molecule has 3 aromatic rings. The smallest absolute Gasteiger partial charge is 0.255 e. The molecule has 0 bridgehead atoms. The maximum absolute atomic E-state index is 15.2. The van der Waals surface area contributed by atoms with Gasteiger partial charge in [-0.15, -0.1) is 0 Å². The van der Waals surface area contributed by atoms with Gasteiger partial charge in [0.15, 0.2) is 0 Å². The van der Waals surface area contributed by atoms with E-state index in [1.807, 2.05) is 16.8 Å². The number of piperidine rings is 2. The van der Waals surface area contributed by atoms with Gasteiger partial charge in [0.2, 0.25) is 11.8 Å². The Labute approximate surface area is 214 Å². The molecule has 4 heterocycles. The van der Waals surface area contributed by atoms with Crippen molar-refractivity contribution in [2.45, 2.75) is 50.7 Å². The number of imidazole rings is 1. The number of carbonyl (C=O) groups is 3. The number of fused-ring (bicyclic) bond motifs is 1. The van der Waals surface area contributed by atoms with Gasteiger partial charge in [0.1, 0.15) is 11.9 Å². The van der Waals surface area contributed by atoms with E-state index < -0.39 is 11.9 Å². The molecule has 9 heteroatoms. The Bertz CT molecular complexity index is 1360. The van der Waals surface area contributed by atoms with Crippen molar-refractivity contribution < 1.29 is 18.8 Å². The van der Waals surface area contributed by atoms with Crippen LogP contribution in [0, 0.1) is 5.82 Å². The van der Waals surface area contributed by atoms with Crippen LogP contribution in [0.2, 0.25) is 0 Å². The molecule has 3 aliphatic rings. The van der Waals surface area contributed by atoms with E-state index in [4.69, 9.17) is 0 Å². The standard InChI is InChI=1S/C28H28FN5O3/c29-24-14-23-20(16-34(28(23)37)25-4-5-26(35)31-27(25)36)13-22(24)19-6-9-32(10-7-19)15-18-2-1-3-21(12-18)33-11-8-30-17-33/h1-3,8,11-14,17,19,25H,4-7,9-10,15-16H2,(H,31,35,36). The summed E-state index contributed by atoms with van der Waals surface area (Å²) in [5.41, 5.74) is 4.02. The summed E-state index contributed by atoms with van der Waals surface area (Å²) in [4.78, 5) is 44.7. The third-order valence-corrected chi connectivity index (χ3v) is 7.79. The number of aromatic nitrogens is 2. The predicted octanol–water partition coefficient (Wildman–Crippen LogP) is 3.15. The number of nitrogens with zero attached hydrogens (tertiary/aromatic N) is 4. The lowest BCUT2D eigenvalue weighted by Crippen LogP contribution is -2.52. The molecule has 2 saturated heterocycles. The highest BCUT2D eigenvalue weighted by Crippen LogP contribution is 2.35. The maximum atomic E-state index is 15.2. The summed E-state index contributed by atoms with van der Waals surface area (Å²) in [7, 11) is 0. The highest BCUT2D eigenvalue weighted by atomic mass is 19.1. The Morgan fingerprint density at radius 2 is 1.89 bits per heavy atom. The van der Waals surface area contributed by atoms with Gasteiger partial charge in [-0.1, -0.05) is 18.2 Å². The lowest BCUT2D eigenvalue weighted by atomic mass is 9.87. The fraction of sp³-hybridized carbons (Fsp3) is 0.357. The van der Waals surface area contributed by atoms with Crippen LogP contribution < -0.4 is 5.32 Å². The van der Waals surface area contributed by atoms with Crippen LogP contribution in [-0.4, -0.2) is 56.2 Å². The van der Waals surface area contributed by atoms with Crippen LogP contribution in [-0.2, 0) is 22.7 Å². The van der Waals surface area contributed by atoms with Crippen LogP contribution in [0.3, 0.4) is 0 Å². The van der Waals surface area contributed by atoms with Crippen molar-refractivity contribution in [3.8, 4) is 5.69 Å². The Kier molecular flexibility index (Phi) is 6.08. The molecular formula is C28H28FN5O3. The molecule has 6 rings (SSSR count). The molecule has 2 fully saturated rings. The van der Waals surface area contributed by atoms with E-state index in [1.54, 1.807) is 12.5 Å². The SMILES string of the molecule is O=C1CCC(N2Cc3cc(C4CCN(Cc5cccc(-n6ccnc6)c5)CC4)c(F)cc3C2=O)C(=O)N1. The lowest BCUT2D eigenvalue weighted by molar-refractivity contribution is -0.136. The number of benzene rings is 2. The minimum atomic E-state index is -0.695. The van der Waals surface area contributed by atoms with E-state index in [1.165, 1.54) is 16.5 Å². The molecule has 1 N–H and O–H groups in total. The summed E-state index contributed by atoms with van der Waals surface area (Å²) >= 11 is 0. The van der Waals surface area contributed by atoms with Gasteiger partial charge >= 0.3 is 0 Å². The van der Waals surface area contributed by atoms with E-state index in [0.29, 0.717) is 17.5 Å². The van der Waals surface area contributed by atoms with E-state index >= 15 is 4.39 Å². The van der Waals surface area contributed by atoms with E-state index in [2.05, 4.69) is 39.5 Å². The Hall–Kier alpha value is -3.85. The van der Waals surface area contributed by atoms with Crippen LogP contribution in [0.5, 0.6) is 0 Å². The molecule has 3 aliphatic heterocycles. The summed E-state index contributed by atoms with van der Waals surface area (Å²) in [5.74, 6) is -1.40. The van der Waals surface area contributed by atoms with Gasteiger partial charge in [-0.05, 0) is 73.2 Å². The summed E-state index contributed by atoms with van der Waals surface area (Å²) < 4.78 is 17.2. The third kappa shape index (κ3) is 4.55. The number of halogens is 1. The van der Waals surface area contributed by atoms with Crippen LogP contribution in [0.15, 0.2) is 55.1 Å². The van der Waals surface area contributed by atoms with Crippen molar-refractivity contribution in [3.05, 3.63) is 83.2 Å². The van der Waals surface area contributed by atoms with Crippen LogP contribution in [0.4, 0.5) is 4.39 Å². The second-order valence-electron chi connectivity index (χ2n) is 10.1. The number of hydrogen-bond donors (Lipinski definition) is 1. The zero-order chi connectivity index (χ0) is 25.5. The quantitative estimate of drug-likeness (QED) is 0.543. The molecule has 0 saturated carbocycles. The average molecular weight is 502 g/mol. The lowest BCUT2D eigenvalue weighted by Gasteiger charge is -2.32. The van der Waals surface area contributed by atoms with Crippen molar-refractivity contribution in [1.29, 1.82) is 0 Å². The van der Waals surface area contributed by atoms with Crippen LogP contribution >= 0.6 is 0 Å². The summed E-state index contributed by atoms with van der Waals surface area (Å²) in [6.45, 7) is 2.81. The van der Waals surface area contributed by atoms with Crippen molar-refractivity contribution in [2.75, 3.05) is 13.1 Å². The highest BCUT2D eigenvalue weighted by Gasteiger charge is 2.40. The summed E-state index contributed by atoms with van der Waals surface area (Å²) in [6.07, 6.45) is 7.63. The number of likely N-dealkylation sites (tertiary alicyclic amines) is 1. The first-order chi connectivity index (χ1) is 18.0. The first-order valence-corrected chi connectivity index (χ1v) is 12.7. The van der Waals surface area contributed by atoms with Crippen LogP contribution in [0.25, 0.3) is 5.69 Å². The molecule has 190 valence electrons. The number of carbonyl (C=O) groups excluding carboxylic acids is 3. The average Bonchev–Trinajstić information content (AvgIpc) is 3.54. The summed E-state index contributed by atoms with van der Waals surface area (Å²) in [6, 6.07) is 10.9. The molecule has 8 nitrogen and oxygen atoms in total. The van der Waals surface area contributed by atoms with Crippen molar-refractivity contribution in [2.24, 2.45) is 0 Å². The first-order valence-electron chi connectivity index (χ1n) is 12.7. The number of rotatable bonds is 5. The van der Waals surface area contributed by atoms with Crippen molar-refractivity contribution >= 4 is 17.7 Å². The number of nitrogens with one attached hydrogen (secondary N) is 1. The molecule has 1 aromatic heterocycles. The fourth-order valence-electron chi connectivity index (χ4n) is 5.81. The van der Waals surface area contributed by atoms with Gasteiger partial charge < -0.3 is 9.47 Å². The van der Waals surface area contributed by atoms with Gasteiger partial charge in [-0.25, -0.2) is 9.37 Å². The third-order valence-electron chi connectivity index (χ3n) is 7.79. The monoisotopic (exact) mass is 501 g/mol. The maximum Gasteiger partial charge on any atom is 0.255 e. The van der Waals surface area contributed by atoms with Gasteiger partial charge in [0.05, 0.1) is 6.33 Å².